The maximum atomic E-state index is 12.3. The number of carbonyl (C=O) groups excluding carboxylic acids is 1. The molecule has 3 rings (SSSR count). The first-order valence-corrected chi connectivity index (χ1v) is 8.36. The van der Waals surface area contributed by atoms with E-state index in [4.69, 9.17) is 4.52 Å². The van der Waals surface area contributed by atoms with Crippen LogP contribution in [0.4, 0.5) is 5.82 Å². The molecule has 0 radical (unpaired) electrons. The predicted molar refractivity (Wildman–Crippen MR) is 84.7 cm³/mol. The molecule has 2 aliphatic rings. The number of hydrogen-bond acceptors (Lipinski definition) is 5. The van der Waals surface area contributed by atoms with E-state index in [-0.39, 0.29) is 11.9 Å². The third-order valence-electron chi connectivity index (χ3n) is 5.00. The molecule has 2 heterocycles. The third-order valence-corrected chi connectivity index (χ3v) is 5.00. The lowest BCUT2D eigenvalue weighted by Gasteiger charge is -2.40. The fourth-order valence-corrected chi connectivity index (χ4v) is 3.58. The van der Waals surface area contributed by atoms with Crippen molar-refractivity contribution in [3.63, 3.8) is 0 Å². The molecule has 1 aliphatic carbocycles. The normalized spacial score (nSPS) is 22.8. The lowest BCUT2D eigenvalue weighted by Crippen LogP contribution is -2.54. The maximum Gasteiger partial charge on any atom is 0.242 e. The molecule has 1 aliphatic heterocycles. The maximum absolute atomic E-state index is 12.3. The quantitative estimate of drug-likeness (QED) is 0.920. The molecular formula is C16H26N4O2. The van der Waals surface area contributed by atoms with Gasteiger partial charge in [0.2, 0.25) is 5.91 Å². The van der Waals surface area contributed by atoms with E-state index in [2.05, 4.69) is 20.3 Å². The van der Waals surface area contributed by atoms with Crippen molar-refractivity contribution >= 4 is 11.7 Å². The molecule has 1 saturated carbocycles. The minimum atomic E-state index is -0.136. The summed E-state index contributed by atoms with van der Waals surface area (Å²) in [7, 11) is 0. The summed E-state index contributed by atoms with van der Waals surface area (Å²) in [5.41, 5.74) is 0. The lowest BCUT2D eigenvalue weighted by atomic mass is 10.1. The zero-order valence-corrected chi connectivity index (χ0v) is 13.5. The Bertz CT molecular complexity index is 502. The van der Waals surface area contributed by atoms with Gasteiger partial charge in [0.15, 0.2) is 5.82 Å². The van der Waals surface area contributed by atoms with E-state index in [1.807, 2.05) is 13.8 Å². The number of amides is 1. The number of rotatable bonds is 4. The highest BCUT2D eigenvalue weighted by Gasteiger charge is 2.30. The average molecular weight is 306 g/mol. The van der Waals surface area contributed by atoms with E-state index in [0.717, 1.165) is 32.2 Å². The molecule has 0 spiro atoms. The molecular weight excluding hydrogens is 280 g/mol. The Hall–Kier alpha value is -1.40. The first-order chi connectivity index (χ1) is 10.6. The van der Waals surface area contributed by atoms with Crippen molar-refractivity contribution in [3.05, 3.63) is 11.8 Å². The standard InChI is InChI=1S/C16H26N4O2/c1-12-11-15(18-22-12)17-16(21)13(2)19-7-9-20(10-8-19)14-5-3-4-6-14/h11,13-14H,3-10H2,1-2H3,(H,17,18,21). The monoisotopic (exact) mass is 306 g/mol. The van der Waals surface area contributed by atoms with Gasteiger partial charge >= 0.3 is 0 Å². The Morgan fingerprint density at radius 1 is 1.32 bits per heavy atom. The molecule has 1 aromatic heterocycles. The molecule has 1 aromatic rings. The third kappa shape index (κ3) is 3.50. The van der Waals surface area contributed by atoms with Crippen LogP contribution in [0.1, 0.15) is 38.4 Å². The van der Waals surface area contributed by atoms with Crippen molar-refractivity contribution in [2.45, 2.75) is 51.6 Å². The van der Waals surface area contributed by atoms with Crippen molar-refractivity contribution in [3.8, 4) is 0 Å². The summed E-state index contributed by atoms with van der Waals surface area (Å²) < 4.78 is 4.98. The fourth-order valence-electron chi connectivity index (χ4n) is 3.58. The summed E-state index contributed by atoms with van der Waals surface area (Å²) in [5.74, 6) is 1.19. The van der Waals surface area contributed by atoms with Crippen LogP contribution in [0.15, 0.2) is 10.6 Å². The van der Waals surface area contributed by atoms with Crippen LogP contribution < -0.4 is 5.32 Å². The first kappa shape index (κ1) is 15.5. The summed E-state index contributed by atoms with van der Waals surface area (Å²) in [6, 6.07) is 2.38. The minimum absolute atomic E-state index is 0.0115. The molecule has 1 unspecified atom stereocenters. The zero-order valence-electron chi connectivity index (χ0n) is 13.5. The molecule has 2 fully saturated rings. The molecule has 1 atom stereocenters. The van der Waals surface area contributed by atoms with Crippen LogP contribution in [0.25, 0.3) is 0 Å². The van der Waals surface area contributed by atoms with Gasteiger partial charge < -0.3 is 9.84 Å². The van der Waals surface area contributed by atoms with Crippen LogP contribution in [0, 0.1) is 6.92 Å². The van der Waals surface area contributed by atoms with E-state index in [1.165, 1.54) is 25.7 Å². The molecule has 22 heavy (non-hydrogen) atoms. The van der Waals surface area contributed by atoms with Crippen LogP contribution in [0.2, 0.25) is 0 Å². The average Bonchev–Trinajstić information content (AvgIpc) is 3.18. The van der Waals surface area contributed by atoms with Crippen LogP contribution in [-0.2, 0) is 4.79 Å². The van der Waals surface area contributed by atoms with Crippen LogP contribution >= 0.6 is 0 Å². The second-order valence-electron chi connectivity index (χ2n) is 6.50. The van der Waals surface area contributed by atoms with Gasteiger partial charge in [-0.15, -0.1) is 0 Å². The summed E-state index contributed by atoms with van der Waals surface area (Å²) in [6.07, 6.45) is 5.45. The topological polar surface area (TPSA) is 61.6 Å². The summed E-state index contributed by atoms with van der Waals surface area (Å²) >= 11 is 0. The number of carbonyl (C=O) groups is 1. The second kappa shape index (κ2) is 6.79. The molecule has 6 heteroatoms. The largest absolute Gasteiger partial charge is 0.360 e. The molecule has 0 aromatic carbocycles. The Balaban J connectivity index is 1.48. The minimum Gasteiger partial charge on any atom is -0.360 e. The van der Waals surface area contributed by atoms with Crippen molar-refractivity contribution in [1.82, 2.24) is 15.0 Å². The van der Waals surface area contributed by atoms with Crippen molar-refractivity contribution in [2.24, 2.45) is 0 Å². The summed E-state index contributed by atoms with van der Waals surface area (Å²) in [6.45, 7) is 7.85. The number of nitrogens with zero attached hydrogens (tertiary/aromatic N) is 3. The summed E-state index contributed by atoms with van der Waals surface area (Å²) in [4.78, 5) is 17.2. The van der Waals surface area contributed by atoms with Gasteiger partial charge in [0.05, 0.1) is 6.04 Å². The molecule has 6 nitrogen and oxygen atoms in total. The lowest BCUT2D eigenvalue weighted by molar-refractivity contribution is -0.121. The van der Waals surface area contributed by atoms with Crippen LogP contribution in [0.3, 0.4) is 0 Å². The highest BCUT2D eigenvalue weighted by atomic mass is 16.5. The van der Waals surface area contributed by atoms with E-state index in [0.29, 0.717) is 11.6 Å². The highest BCUT2D eigenvalue weighted by Crippen LogP contribution is 2.24. The van der Waals surface area contributed by atoms with Gasteiger partial charge in [-0.25, -0.2) is 0 Å². The van der Waals surface area contributed by atoms with Gasteiger partial charge in [0.1, 0.15) is 5.76 Å². The van der Waals surface area contributed by atoms with E-state index >= 15 is 0 Å². The number of hydrogen-bond donors (Lipinski definition) is 1. The van der Waals surface area contributed by atoms with Gasteiger partial charge in [-0.05, 0) is 26.7 Å². The van der Waals surface area contributed by atoms with E-state index < -0.39 is 0 Å². The zero-order chi connectivity index (χ0) is 15.5. The van der Waals surface area contributed by atoms with Gasteiger partial charge in [0.25, 0.3) is 0 Å². The number of piperazine rings is 1. The van der Waals surface area contributed by atoms with Crippen LogP contribution in [-0.4, -0.2) is 59.1 Å². The number of anilines is 1. The van der Waals surface area contributed by atoms with Gasteiger partial charge in [-0.1, -0.05) is 18.0 Å². The molecule has 122 valence electrons. The Kier molecular flexibility index (Phi) is 4.78. The number of nitrogens with one attached hydrogen (secondary N) is 1. The van der Waals surface area contributed by atoms with Crippen LogP contribution in [0.5, 0.6) is 0 Å². The smallest absolute Gasteiger partial charge is 0.242 e. The molecule has 0 bridgehead atoms. The summed E-state index contributed by atoms with van der Waals surface area (Å²) in [5, 5.41) is 6.64. The van der Waals surface area contributed by atoms with Gasteiger partial charge in [0, 0.05) is 38.3 Å². The van der Waals surface area contributed by atoms with Crippen molar-refractivity contribution in [2.75, 3.05) is 31.5 Å². The van der Waals surface area contributed by atoms with E-state index in [1.54, 1.807) is 6.07 Å². The van der Waals surface area contributed by atoms with Gasteiger partial charge in [-0.3, -0.25) is 14.6 Å². The Labute approximate surface area is 131 Å². The number of aromatic nitrogens is 1. The molecule has 1 amide bonds. The fraction of sp³-hybridized carbons (Fsp3) is 0.750. The SMILES string of the molecule is Cc1cc(NC(=O)C(C)N2CCN(C3CCCC3)CC2)no1. The number of aryl methyl sites for hydroxylation is 1. The van der Waals surface area contributed by atoms with Gasteiger partial charge in [-0.2, -0.15) is 0 Å². The first-order valence-electron chi connectivity index (χ1n) is 8.36. The Morgan fingerprint density at radius 2 is 2.00 bits per heavy atom. The molecule has 1 saturated heterocycles. The molecule has 1 N–H and O–H groups in total. The van der Waals surface area contributed by atoms with Crippen molar-refractivity contribution in [1.29, 1.82) is 0 Å². The second-order valence-corrected chi connectivity index (χ2v) is 6.50. The van der Waals surface area contributed by atoms with Crippen molar-refractivity contribution < 1.29 is 9.32 Å². The Morgan fingerprint density at radius 3 is 2.59 bits per heavy atom. The predicted octanol–water partition coefficient (Wildman–Crippen LogP) is 1.87. The van der Waals surface area contributed by atoms with E-state index in [9.17, 15) is 4.79 Å². The highest BCUT2D eigenvalue weighted by molar-refractivity contribution is 5.93.